The Hall–Kier alpha value is -0.790. The Balaban J connectivity index is 2.86. The number of carbonyl (C=O) groups is 1. The summed E-state index contributed by atoms with van der Waals surface area (Å²) in [5.41, 5.74) is 1.05. The summed E-state index contributed by atoms with van der Waals surface area (Å²) in [6.07, 6.45) is 2.72. The molecule has 0 aromatic heterocycles. The predicted molar refractivity (Wildman–Crippen MR) is 43.3 cm³/mol. The fourth-order valence-corrected chi connectivity index (χ4v) is 1.54. The highest BCUT2D eigenvalue weighted by atomic mass is 16.4. The SMILES string of the molecule is CC1=CCC(C(=O)O)C1(C)C. The van der Waals surface area contributed by atoms with Crippen LogP contribution in [0, 0.1) is 11.3 Å². The van der Waals surface area contributed by atoms with Gasteiger partial charge in [-0.15, -0.1) is 0 Å². The molecule has 1 rings (SSSR count). The van der Waals surface area contributed by atoms with Gasteiger partial charge in [-0.1, -0.05) is 25.5 Å². The molecule has 0 heterocycles. The number of hydrogen-bond donors (Lipinski definition) is 1. The number of carboxylic acids is 1. The molecule has 0 amide bonds. The summed E-state index contributed by atoms with van der Waals surface area (Å²) in [6, 6.07) is 0. The van der Waals surface area contributed by atoms with Gasteiger partial charge in [0.1, 0.15) is 0 Å². The van der Waals surface area contributed by atoms with Crippen molar-refractivity contribution in [2.45, 2.75) is 27.2 Å². The second-order valence-electron chi connectivity index (χ2n) is 3.74. The fraction of sp³-hybridized carbons (Fsp3) is 0.667. The van der Waals surface area contributed by atoms with Crippen LogP contribution in [-0.2, 0) is 4.79 Å². The summed E-state index contributed by atoms with van der Waals surface area (Å²) in [7, 11) is 0. The zero-order chi connectivity index (χ0) is 8.65. The molecule has 2 nitrogen and oxygen atoms in total. The molecule has 2 heteroatoms. The van der Waals surface area contributed by atoms with Gasteiger partial charge in [0.25, 0.3) is 0 Å². The largest absolute Gasteiger partial charge is 0.481 e. The highest BCUT2D eigenvalue weighted by Gasteiger charge is 2.39. The smallest absolute Gasteiger partial charge is 0.307 e. The van der Waals surface area contributed by atoms with Gasteiger partial charge in [0, 0.05) is 0 Å². The first-order valence-corrected chi connectivity index (χ1v) is 3.86. The molecular formula is C9H14O2. The minimum Gasteiger partial charge on any atom is -0.481 e. The fourth-order valence-electron chi connectivity index (χ4n) is 1.54. The van der Waals surface area contributed by atoms with Crippen LogP contribution in [0.5, 0.6) is 0 Å². The van der Waals surface area contributed by atoms with E-state index in [0.29, 0.717) is 6.42 Å². The molecule has 0 fully saturated rings. The van der Waals surface area contributed by atoms with E-state index in [4.69, 9.17) is 5.11 Å². The van der Waals surface area contributed by atoms with Crippen molar-refractivity contribution in [2.24, 2.45) is 11.3 Å². The van der Waals surface area contributed by atoms with Gasteiger partial charge in [-0.25, -0.2) is 0 Å². The topological polar surface area (TPSA) is 37.3 Å². The van der Waals surface area contributed by atoms with Crippen molar-refractivity contribution in [3.63, 3.8) is 0 Å². The van der Waals surface area contributed by atoms with Crippen molar-refractivity contribution in [1.29, 1.82) is 0 Å². The number of hydrogen-bond acceptors (Lipinski definition) is 1. The third-order valence-corrected chi connectivity index (χ3v) is 2.85. The lowest BCUT2D eigenvalue weighted by molar-refractivity contribution is -0.144. The van der Waals surface area contributed by atoms with Crippen LogP contribution in [0.25, 0.3) is 0 Å². The van der Waals surface area contributed by atoms with Gasteiger partial charge < -0.3 is 5.11 Å². The lowest BCUT2D eigenvalue weighted by Crippen LogP contribution is -2.27. The van der Waals surface area contributed by atoms with Crippen LogP contribution >= 0.6 is 0 Å². The number of aliphatic carboxylic acids is 1. The van der Waals surface area contributed by atoms with E-state index < -0.39 is 5.97 Å². The maximum Gasteiger partial charge on any atom is 0.307 e. The summed E-state index contributed by atoms with van der Waals surface area (Å²) in [5, 5.41) is 8.83. The van der Waals surface area contributed by atoms with Crippen LogP contribution < -0.4 is 0 Å². The standard InChI is InChI=1S/C9H14O2/c1-6-4-5-7(8(10)11)9(6,2)3/h4,7H,5H2,1-3H3,(H,10,11). The molecule has 11 heavy (non-hydrogen) atoms. The highest BCUT2D eigenvalue weighted by molar-refractivity contribution is 5.72. The third kappa shape index (κ3) is 1.17. The Kier molecular flexibility index (Phi) is 1.78. The maximum absolute atomic E-state index is 10.7. The Morgan fingerprint density at radius 2 is 2.27 bits per heavy atom. The second kappa shape index (κ2) is 2.36. The highest BCUT2D eigenvalue weighted by Crippen LogP contribution is 2.42. The minimum absolute atomic E-state index is 0.147. The molecule has 0 aromatic carbocycles. The van der Waals surface area contributed by atoms with Gasteiger partial charge >= 0.3 is 5.97 Å². The van der Waals surface area contributed by atoms with Crippen molar-refractivity contribution in [1.82, 2.24) is 0 Å². The Labute approximate surface area is 66.9 Å². The van der Waals surface area contributed by atoms with E-state index in [2.05, 4.69) is 0 Å². The summed E-state index contributed by atoms with van der Waals surface area (Å²) in [4.78, 5) is 10.7. The third-order valence-electron chi connectivity index (χ3n) is 2.85. The van der Waals surface area contributed by atoms with Gasteiger partial charge in [-0.3, -0.25) is 4.79 Å². The molecule has 0 saturated carbocycles. The molecule has 1 aliphatic carbocycles. The van der Waals surface area contributed by atoms with Gasteiger partial charge in [0.2, 0.25) is 0 Å². The lowest BCUT2D eigenvalue weighted by atomic mass is 9.78. The van der Waals surface area contributed by atoms with E-state index >= 15 is 0 Å². The molecule has 1 N–H and O–H groups in total. The molecule has 0 radical (unpaired) electrons. The molecular weight excluding hydrogens is 140 g/mol. The first-order chi connectivity index (χ1) is 4.96. The zero-order valence-electron chi connectivity index (χ0n) is 7.22. The van der Waals surface area contributed by atoms with Crippen LogP contribution in [0.15, 0.2) is 11.6 Å². The second-order valence-corrected chi connectivity index (χ2v) is 3.74. The van der Waals surface area contributed by atoms with E-state index in [1.165, 1.54) is 5.57 Å². The Bertz CT molecular complexity index is 214. The quantitative estimate of drug-likeness (QED) is 0.587. The van der Waals surface area contributed by atoms with Crippen molar-refractivity contribution in [3.8, 4) is 0 Å². The normalized spacial score (nSPS) is 28.3. The summed E-state index contributed by atoms with van der Waals surface area (Å²) < 4.78 is 0. The van der Waals surface area contributed by atoms with Gasteiger partial charge in [0.05, 0.1) is 5.92 Å². The monoisotopic (exact) mass is 154 g/mol. The molecule has 0 bridgehead atoms. The van der Waals surface area contributed by atoms with Crippen molar-refractivity contribution < 1.29 is 9.90 Å². The van der Waals surface area contributed by atoms with Crippen LogP contribution in [0.2, 0.25) is 0 Å². The minimum atomic E-state index is -0.678. The molecule has 0 aromatic rings. The summed E-state index contributed by atoms with van der Waals surface area (Å²) >= 11 is 0. The molecule has 0 saturated heterocycles. The van der Waals surface area contributed by atoms with E-state index in [1.807, 2.05) is 26.8 Å². The molecule has 0 aliphatic heterocycles. The maximum atomic E-state index is 10.7. The predicted octanol–water partition coefficient (Wildman–Crippen LogP) is 2.06. The zero-order valence-corrected chi connectivity index (χ0v) is 7.22. The van der Waals surface area contributed by atoms with E-state index in [0.717, 1.165) is 0 Å². The number of rotatable bonds is 1. The van der Waals surface area contributed by atoms with Crippen molar-refractivity contribution >= 4 is 5.97 Å². The Morgan fingerprint density at radius 1 is 1.73 bits per heavy atom. The van der Waals surface area contributed by atoms with Crippen LogP contribution in [0.4, 0.5) is 0 Å². The van der Waals surface area contributed by atoms with Gasteiger partial charge in [-0.05, 0) is 18.8 Å². The Morgan fingerprint density at radius 3 is 2.45 bits per heavy atom. The first-order valence-electron chi connectivity index (χ1n) is 3.86. The first kappa shape index (κ1) is 8.31. The molecule has 1 unspecified atom stereocenters. The molecule has 62 valence electrons. The molecule has 1 atom stereocenters. The van der Waals surface area contributed by atoms with Gasteiger partial charge in [0.15, 0.2) is 0 Å². The molecule has 1 aliphatic rings. The lowest BCUT2D eigenvalue weighted by Gasteiger charge is -2.25. The van der Waals surface area contributed by atoms with E-state index in [9.17, 15) is 4.79 Å². The van der Waals surface area contributed by atoms with E-state index in [1.54, 1.807) is 0 Å². The molecule has 0 spiro atoms. The van der Waals surface area contributed by atoms with Crippen LogP contribution in [0.1, 0.15) is 27.2 Å². The van der Waals surface area contributed by atoms with Crippen molar-refractivity contribution in [2.75, 3.05) is 0 Å². The van der Waals surface area contributed by atoms with Crippen LogP contribution in [-0.4, -0.2) is 11.1 Å². The van der Waals surface area contributed by atoms with Gasteiger partial charge in [-0.2, -0.15) is 0 Å². The van der Waals surface area contributed by atoms with Crippen molar-refractivity contribution in [3.05, 3.63) is 11.6 Å². The average molecular weight is 154 g/mol. The van der Waals surface area contributed by atoms with Crippen LogP contribution in [0.3, 0.4) is 0 Å². The summed E-state index contributed by atoms with van der Waals surface area (Å²) in [6.45, 7) is 5.98. The number of carboxylic acid groups (broad SMARTS) is 1. The summed E-state index contributed by atoms with van der Waals surface area (Å²) in [5.74, 6) is -0.898. The van der Waals surface area contributed by atoms with E-state index in [-0.39, 0.29) is 11.3 Å². The number of allylic oxidation sites excluding steroid dienone is 2. The average Bonchev–Trinajstić information content (AvgIpc) is 2.08.